The molecule has 0 aliphatic carbocycles. The van der Waals surface area contributed by atoms with Gasteiger partial charge in [-0.15, -0.1) is 0 Å². The summed E-state index contributed by atoms with van der Waals surface area (Å²) >= 11 is 0. The summed E-state index contributed by atoms with van der Waals surface area (Å²) in [5.41, 5.74) is 6.35. The standard InChI is InChI=1S/C12H16FNO4/c1-6-5-7(8(14)3-4-9(15)16)10(13)11(17)12(6)18-2/h5,8,17H,3-4,14H2,1-2H3,(H,15,16). The molecule has 0 aromatic heterocycles. The average molecular weight is 257 g/mol. The SMILES string of the molecule is COc1c(C)cc(C(N)CCC(=O)O)c(F)c1O. The molecule has 0 bridgehead atoms. The van der Waals surface area contributed by atoms with Crippen molar-refractivity contribution in [3.05, 3.63) is 23.0 Å². The van der Waals surface area contributed by atoms with E-state index in [0.29, 0.717) is 5.56 Å². The molecule has 0 amide bonds. The number of phenols is 1. The summed E-state index contributed by atoms with van der Waals surface area (Å²) in [6, 6.07) is 0.678. The summed E-state index contributed by atoms with van der Waals surface area (Å²) in [5, 5.41) is 18.2. The summed E-state index contributed by atoms with van der Waals surface area (Å²) in [5.74, 6) is -2.41. The van der Waals surface area contributed by atoms with Crippen LogP contribution in [0.15, 0.2) is 6.07 Å². The highest BCUT2D eigenvalue weighted by Gasteiger charge is 2.20. The number of carbonyl (C=O) groups is 1. The third kappa shape index (κ3) is 2.89. The third-order valence-corrected chi connectivity index (χ3v) is 2.68. The number of aromatic hydroxyl groups is 1. The molecule has 0 radical (unpaired) electrons. The number of hydrogen-bond acceptors (Lipinski definition) is 4. The van der Waals surface area contributed by atoms with Gasteiger partial charge in [-0.25, -0.2) is 4.39 Å². The molecule has 0 saturated heterocycles. The summed E-state index contributed by atoms with van der Waals surface area (Å²) in [6.07, 6.45) is -0.0656. The summed E-state index contributed by atoms with van der Waals surface area (Å²) in [4.78, 5) is 10.4. The topological polar surface area (TPSA) is 92.8 Å². The van der Waals surface area contributed by atoms with E-state index in [-0.39, 0.29) is 24.2 Å². The highest BCUT2D eigenvalue weighted by molar-refractivity contribution is 5.66. The fourth-order valence-corrected chi connectivity index (χ4v) is 1.75. The molecule has 1 atom stereocenters. The van der Waals surface area contributed by atoms with Gasteiger partial charge >= 0.3 is 5.97 Å². The Hall–Kier alpha value is -1.82. The number of phenolic OH excluding ortho intramolecular Hbond substituents is 1. The van der Waals surface area contributed by atoms with Crippen LogP contribution < -0.4 is 10.5 Å². The molecule has 1 unspecified atom stereocenters. The smallest absolute Gasteiger partial charge is 0.303 e. The number of aryl methyl sites for hydroxylation is 1. The van der Waals surface area contributed by atoms with Crippen molar-refractivity contribution in [2.24, 2.45) is 5.73 Å². The Morgan fingerprint density at radius 3 is 2.72 bits per heavy atom. The Kier molecular flexibility index (Phi) is 4.49. The Balaban J connectivity index is 3.06. The van der Waals surface area contributed by atoms with Gasteiger partial charge in [0.15, 0.2) is 17.3 Å². The van der Waals surface area contributed by atoms with Crippen LogP contribution in [0, 0.1) is 12.7 Å². The van der Waals surface area contributed by atoms with Crippen molar-refractivity contribution < 1.29 is 24.1 Å². The Morgan fingerprint density at radius 1 is 1.61 bits per heavy atom. The lowest BCUT2D eigenvalue weighted by molar-refractivity contribution is -0.137. The maximum Gasteiger partial charge on any atom is 0.303 e. The zero-order valence-corrected chi connectivity index (χ0v) is 10.2. The van der Waals surface area contributed by atoms with Gasteiger partial charge in [-0.2, -0.15) is 0 Å². The molecule has 0 fully saturated rings. The first-order valence-electron chi connectivity index (χ1n) is 5.41. The number of nitrogens with two attached hydrogens (primary N) is 1. The van der Waals surface area contributed by atoms with Gasteiger partial charge < -0.3 is 20.7 Å². The summed E-state index contributed by atoms with van der Waals surface area (Å²) in [6.45, 7) is 1.64. The van der Waals surface area contributed by atoms with Crippen LogP contribution in [0.4, 0.5) is 4.39 Å². The van der Waals surface area contributed by atoms with Crippen molar-refractivity contribution in [1.82, 2.24) is 0 Å². The number of rotatable bonds is 5. The van der Waals surface area contributed by atoms with Gasteiger partial charge in [0.25, 0.3) is 0 Å². The van der Waals surface area contributed by atoms with E-state index in [2.05, 4.69) is 0 Å². The molecule has 1 rings (SSSR count). The minimum Gasteiger partial charge on any atom is -0.502 e. The van der Waals surface area contributed by atoms with Gasteiger partial charge in [-0.05, 0) is 25.0 Å². The molecule has 0 aliphatic rings. The lowest BCUT2D eigenvalue weighted by Gasteiger charge is -2.16. The van der Waals surface area contributed by atoms with Crippen LogP contribution in [0.2, 0.25) is 0 Å². The van der Waals surface area contributed by atoms with Crippen LogP contribution >= 0.6 is 0 Å². The number of hydrogen-bond donors (Lipinski definition) is 3. The number of carboxylic acid groups (broad SMARTS) is 1. The van der Waals surface area contributed by atoms with E-state index in [9.17, 15) is 14.3 Å². The van der Waals surface area contributed by atoms with Gasteiger partial charge in [-0.1, -0.05) is 0 Å². The maximum absolute atomic E-state index is 13.8. The predicted molar refractivity (Wildman–Crippen MR) is 63.2 cm³/mol. The van der Waals surface area contributed by atoms with Crippen molar-refractivity contribution in [2.75, 3.05) is 7.11 Å². The summed E-state index contributed by atoms with van der Waals surface area (Å²) < 4.78 is 18.7. The van der Waals surface area contributed by atoms with Crippen LogP contribution in [0.25, 0.3) is 0 Å². The predicted octanol–water partition coefficient (Wildman–Crippen LogP) is 1.71. The molecular weight excluding hydrogens is 241 g/mol. The van der Waals surface area contributed by atoms with Gasteiger partial charge in [0, 0.05) is 18.0 Å². The molecule has 0 spiro atoms. The summed E-state index contributed by atoms with van der Waals surface area (Å²) in [7, 11) is 1.32. The average Bonchev–Trinajstić information content (AvgIpc) is 2.31. The van der Waals surface area contributed by atoms with Gasteiger partial charge in [0.05, 0.1) is 7.11 Å². The van der Waals surface area contributed by atoms with E-state index in [1.54, 1.807) is 6.92 Å². The van der Waals surface area contributed by atoms with Gasteiger partial charge in [0.1, 0.15) is 0 Å². The Bertz CT molecular complexity index is 462. The fourth-order valence-electron chi connectivity index (χ4n) is 1.75. The van der Waals surface area contributed by atoms with Crippen molar-refractivity contribution >= 4 is 5.97 Å². The Labute approximate surface area is 104 Å². The number of halogens is 1. The molecule has 0 heterocycles. The zero-order chi connectivity index (χ0) is 13.9. The maximum atomic E-state index is 13.8. The highest BCUT2D eigenvalue weighted by Crippen LogP contribution is 2.36. The van der Waals surface area contributed by atoms with Crippen LogP contribution in [-0.2, 0) is 4.79 Å². The quantitative estimate of drug-likeness (QED) is 0.746. The van der Waals surface area contributed by atoms with E-state index < -0.39 is 23.6 Å². The number of aliphatic carboxylic acids is 1. The van der Waals surface area contributed by atoms with Crippen molar-refractivity contribution in [3.8, 4) is 11.5 Å². The van der Waals surface area contributed by atoms with Crippen LogP contribution in [-0.4, -0.2) is 23.3 Å². The number of ether oxygens (including phenoxy) is 1. The second-order valence-electron chi connectivity index (χ2n) is 4.02. The van der Waals surface area contributed by atoms with E-state index >= 15 is 0 Å². The first kappa shape index (κ1) is 14.2. The van der Waals surface area contributed by atoms with E-state index in [1.165, 1.54) is 13.2 Å². The van der Waals surface area contributed by atoms with Crippen LogP contribution in [0.1, 0.15) is 30.0 Å². The third-order valence-electron chi connectivity index (χ3n) is 2.68. The minimum atomic E-state index is -1.000. The van der Waals surface area contributed by atoms with Crippen molar-refractivity contribution in [3.63, 3.8) is 0 Å². The lowest BCUT2D eigenvalue weighted by Crippen LogP contribution is -2.14. The van der Waals surface area contributed by atoms with Gasteiger partial charge in [-0.3, -0.25) is 4.79 Å². The molecule has 18 heavy (non-hydrogen) atoms. The highest BCUT2D eigenvalue weighted by atomic mass is 19.1. The molecule has 4 N–H and O–H groups in total. The lowest BCUT2D eigenvalue weighted by atomic mass is 9.99. The van der Waals surface area contributed by atoms with E-state index in [1.807, 2.05) is 0 Å². The van der Waals surface area contributed by atoms with E-state index in [4.69, 9.17) is 15.6 Å². The molecular formula is C12H16FNO4. The monoisotopic (exact) mass is 257 g/mol. The van der Waals surface area contributed by atoms with Gasteiger partial charge in [0.2, 0.25) is 0 Å². The number of methoxy groups -OCH3 is 1. The Morgan fingerprint density at radius 2 is 2.22 bits per heavy atom. The minimum absolute atomic E-state index is 0.0571. The normalized spacial score (nSPS) is 12.2. The molecule has 1 aromatic rings. The first-order chi connectivity index (χ1) is 8.38. The van der Waals surface area contributed by atoms with Crippen LogP contribution in [0.5, 0.6) is 11.5 Å². The largest absolute Gasteiger partial charge is 0.502 e. The first-order valence-corrected chi connectivity index (χ1v) is 5.41. The van der Waals surface area contributed by atoms with Crippen molar-refractivity contribution in [1.29, 1.82) is 0 Å². The fraction of sp³-hybridized carbons (Fsp3) is 0.417. The molecule has 0 aliphatic heterocycles. The zero-order valence-electron chi connectivity index (χ0n) is 10.2. The number of benzene rings is 1. The second kappa shape index (κ2) is 5.68. The van der Waals surface area contributed by atoms with Crippen LogP contribution in [0.3, 0.4) is 0 Å². The molecule has 6 heteroatoms. The van der Waals surface area contributed by atoms with E-state index in [0.717, 1.165) is 0 Å². The molecule has 100 valence electrons. The molecule has 1 aromatic carbocycles. The number of carboxylic acids is 1. The molecule has 5 nitrogen and oxygen atoms in total. The molecule has 0 saturated carbocycles. The second-order valence-corrected chi connectivity index (χ2v) is 4.02. The van der Waals surface area contributed by atoms with Crippen molar-refractivity contribution in [2.45, 2.75) is 25.8 Å².